The van der Waals surface area contributed by atoms with Crippen molar-refractivity contribution < 1.29 is 19.1 Å². The van der Waals surface area contributed by atoms with Crippen molar-refractivity contribution in [3.63, 3.8) is 0 Å². The summed E-state index contributed by atoms with van der Waals surface area (Å²) in [6.45, 7) is 11.0. The van der Waals surface area contributed by atoms with Crippen molar-refractivity contribution in [2.45, 2.75) is 59.4 Å². The average molecular weight is 454 g/mol. The molecule has 7 heteroatoms. The zero-order chi connectivity index (χ0) is 23.7. The molecule has 1 aromatic carbocycles. The van der Waals surface area contributed by atoms with Gasteiger partial charge < -0.3 is 14.5 Å². The van der Waals surface area contributed by atoms with Gasteiger partial charge in [-0.2, -0.15) is 0 Å². The van der Waals surface area contributed by atoms with Gasteiger partial charge in [0, 0.05) is 32.2 Å². The number of nitrogens with zero attached hydrogens (tertiary/aromatic N) is 3. The van der Waals surface area contributed by atoms with Gasteiger partial charge in [-0.25, -0.2) is 4.79 Å². The summed E-state index contributed by atoms with van der Waals surface area (Å²) >= 11 is 0. The molecule has 2 fully saturated rings. The molecule has 0 bridgehead atoms. The van der Waals surface area contributed by atoms with Crippen LogP contribution in [0.2, 0.25) is 0 Å². The highest BCUT2D eigenvalue weighted by atomic mass is 16.6. The summed E-state index contributed by atoms with van der Waals surface area (Å²) in [6, 6.07) is 5.79. The number of imide groups is 1. The van der Waals surface area contributed by atoms with Crippen molar-refractivity contribution in [3.05, 3.63) is 40.6 Å². The Morgan fingerprint density at radius 2 is 1.76 bits per heavy atom. The predicted octanol–water partition coefficient (Wildman–Crippen LogP) is 3.74. The fraction of sp³-hybridized carbons (Fsp3) is 0.577. The second-order valence-corrected chi connectivity index (χ2v) is 9.61. The number of likely N-dealkylation sites (tertiary alicyclic amines) is 2. The molecule has 2 saturated heterocycles. The quantitative estimate of drug-likeness (QED) is 0.650. The van der Waals surface area contributed by atoms with E-state index in [-0.39, 0.29) is 23.9 Å². The van der Waals surface area contributed by atoms with Crippen molar-refractivity contribution >= 4 is 23.5 Å². The second kappa shape index (κ2) is 9.57. The van der Waals surface area contributed by atoms with Crippen molar-refractivity contribution in [1.82, 2.24) is 14.7 Å². The molecular formula is C26H35N3O4. The molecule has 3 heterocycles. The van der Waals surface area contributed by atoms with Crippen molar-refractivity contribution in [3.8, 4) is 0 Å². The SMILES string of the molecule is CCOC(=O)N1CCC(N2C(=O)C(c3ccc(C)c(C)c3)=C(N3CCCC(C)C3)C2=O)CC1. The van der Waals surface area contributed by atoms with Gasteiger partial charge >= 0.3 is 6.09 Å². The molecule has 3 aliphatic rings. The predicted molar refractivity (Wildman–Crippen MR) is 126 cm³/mol. The highest BCUT2D eigenvalue weighted by Crippen LogP contribution is 2.37. The van der Waals surface area contributed by atoms with Crippen molar-refractivity contribution in [2.24, 2.45) is 5.92 Å². The molecule has 3 amide bonds. The standard InChI is InChI=1S/C26H35N3O4/c1-5-33-26(32)27-13-10-21(11-14-27)29-24(30)22(20-9-8-18(3)19(4)15-20)23(25(29)31)28-12-6-7-17(2)16-28/h8-9,15,17,21H,5-7,10-14,16H2,1-4H3. The molecule has 1 aromatic rings. The molecule has 0 aromatic heterocycles. The van der Waals surface area contributed by atoms with Gasteiger partial charge in [-0.05, 0) is 69.1 Å². The number of hydrogen-bond donors (Lipinski definition) is 0. The maximum Gasteiger partial charge on any atom is 0.409 e. The minimum Gasteiger partial charge on any atom is -0.450 e. The van der Waals surface area contributed by atoms with E-state index in [4.69, 9.17) is 4.74 Å². The fourth-order valence-electron chi connectivity index (χ4n) is 5.23. The smallest absolute Gasteiger partial charge is 0.409 e. The Labute approximate surface area is 196 Å². The first kappa shape index (κ1) is 23.3. The van der Waals surface area contributed by atoms with E-state index >= 15 is 0 Å². The third-order valence-corrected chi connectivity index (χ3v) is 7.22. The number of piperidine rings is 2. The van der Waals surface area contributed by atoms with E-state index in [1.165, 1.54) is 4.90 Å². The molecule has 0 aliphatic carbocycles. The molecule has 0 saturated carbocycles. The molecule has 0 N–H and O–H groups in total. The van der Waals surface area contributed by atoms with Gasteiger partial charge in [-0.1, -0.05) is 25.1 Å². The van der Waals surface area contributed by atoms with Gasteiger partial charge in [-0.3, -0.25) is 14.5 Å². The first-order valence-corrected chi connectivity index (χ1v) is 12.2. The first-order valence-electron chi connectivity index (χ1n) is 12.2. The van der Waals surface area contributed by atoms with Crippen LogP contribution >= 0.6 is 0 Å². The first-order chi connectivity index (χ1) is 15.8. The van der Waals surface area contributed by atoms with E-state index in [1.807, 2.05) is 32.0 Å². The molecule has 3 aliphatic heterocycles. The van der Waals surface area contributed by atoms with Crippen LogP contribution in [-0.2, 0) is 14.3 Å². The Hall–Kier alpha value is -2.83. The monoisotopic (exact) mass is 453 g/mol. The molecule has 1 atom stereocenters. The third-order valence-electron chi connectivity index (χ3n) is 7.22. The Bertz CT molecular complexity index is 978. The largest absolute Gasteiger partial charge is 0.450 e. The Morgan fingerprint density at radius 1 is 1.03 bits per heavy atom. The minimum absolute atomic E-state index is 0.183. The van der Waals surface area contributed by atoms with Gasteiger partial charge in [0.1, 0.15) is 5.70 Å². The summed E-state index contributed by atoms with van der Waals surface area (Å²) in [6.07, 6.45) is 2.97. The topological polar surface area (TPSA) is 70.2 Å². The summed E-state index contributed by atoms with van der Waals surface area (Å²) in [5.41, 5.74) is 4.17. The normalized spacial score (nSPS) is 22.4. The number of carbonyl (C=O) groups excluding carboxylic acids is 3. The lowest BCUT2D eigenvalue weighted by atomic mass is 9.96. The second-order valence-electron chi connectivity index (χ2n) is 9.61. The van der Waals surface area contributed by atoms with Crippen LogP contribution < -0.4 is 0 Å². The average Bonchev–Trinajstić information content (AvgIpc) is 3.06. The maximum atomic E-state index is 13.8. The zero-order valence-electron chi connectivity index (χ0n) is 20.2. The van der Waals surface area contributed by atoms with Crippen LogP contribution in [0.1, 0.15) is 56.2 Å². The lowest BCUT2D eigenvalue weighted by Gasteiger charge is -2.36. The zero-order valence-corrected chi connectivity index (χ0v) is 20.2. The molecule has 4 rings (SSSR count). The molecular weight excluding hydrogens is 418 g/mol. The van der Waals surface area contributed by atoms with Gasteiger partial charge in [0.2, 0.25) is 0 Å². The van der Waals surface area contributed by atoms with Crippen LogP contribution in [-0.4, -0.2) is 71.4 Å². The van der Waals surface area contributed by atoms with Crippen LogP contribution in [0.5, 0.6) is 0 Å². The number of rotatable bonds is 4. The molecule has 7 nitrogen and oxygen atoms in total. The van der Waals surface area contributed by atoms with Crippen molar-refractivity contribution in [1.29, 1.82) is 0 Å². The minimum atomic E-state index is -0.327. The Kier molecular flexibility index (Phi) is 6.77. The van der Waals surface area contributed by atoms with E-state index in [2.05, 4.69) is 11.8 Å². The lowest BCUT2D eigenvalue weighted by Crippen LogP contribution is -2.50. The van der Waals surface area contributed by atoms with E-state index in [0.29, 0.717) is 49.7 Å². The van der Waals surface area contributed by atoms with Crippen LogP contribution in [0, 0.1) is 19.8 Å². The molecule has 33 heavy (non-hydrogen) atoms. The number of benzene rings is 1. The summed E-state index contributed by atoms with van der Waals surface area (Å²) in [5.74, 6) is 0.0972. The molecule has 0 radical (unpaired) electrons. The summed E-state index contributed by atoms with van der Waals surface area (Å²) < 4.78 is 5.11. The highest BCUT2D eigenvalue weighted by Gasteiger charge is 2.46. The molecule has 0 spiro atoms. The number of ether oxygens (including phenoxy) is 1. The third kappa shape index (κ3) is 4.50. The van der Waals surface area contributed by atoms with Gasteiger partial charge in [0.15, 0.2) is 0 Å². The summed E-state index contributed by atoms with van der Waals surface area (Å²) in [4.78, 5) is 44.9. The number of amides is 3. The van der Waals surface area contributed by atoms with E-state index < -0.39 is 0 Å². The number of aryl methyl sites for hydroxylation is 2. The van der Waals surface area contributed by atoms with Crippen LogP contribution in [0.15, 0.2) is 23.9 Å². The fourth-order valence-corrected chi connectivity index (χ4v) is 5.23. The summed E-state index contributed by atoms with van der Waals surface area (Å²) in [7, 11) is 0. The van der Waals surface area contributed by atoms with Gasteiger partial charge in [0.25, 0.3) is 11.8 Å². The Morgan fingerprint density at radius 3 is 2.39 bits per heavy atom. The molecule has 1 unspecified atom stereocenters. The number of hydrogen-bond acceptors (Lipinski definition) is 5. The summed E-state index contributed by atoms with van der Waals surface area (Å²) in [5, 5.41) is 0. The maximum absolute atomic E-state index is 13.8. The number of carbonyl (C=O) groups is 3. The van der Waals surface area contributed by atoms with Gasteiger partial charge in [-0.15, -0.1) is 0 Å². The van der Waals surface area contributed by atoms with Crippen LogP contribution in [0.25, 0.3) is 5.57 Å². The van der Waals surface area contributed by atoms with Crippen LogP contribution in [0.4, 0.5) is 4.79 Å². The van der Waals surface area contributed by atoms with Gasteiger partial charge in [0.05, 0.1) is 12.2 Å². The van der Waals surface area contributed by atoms with Crippen molar-refractivity contribution in [2.75, 3.05) is 32.8 Å². The van der Waals surface area contributed by atoms with E-state index in [1.54, 1.807) is 11.8 Å². The van der Waals surface area contributed by atoms with Crippen LogP contribution in [0.3, 0.4) is 0 Å². The highest BCUT2D eigenvalue weighted by molar-refractivity contribution is 6.35. The molecule has 178 valence electrons. The Balaban J connectivity index is 1.64. The van der Waals surface area contributed by atoms with E-state index in [0.717, 1.165) is 42.6 Å². The lowest BCUT2D eigenvalue weighted by molar-refractivity contribution is -0.141. The van der Waals surface area contributed by atoms with E-state index in [9.17, 15) is 14.4 Å².